The molecule has 2 N–H and O–H groups in total. The molecule has 0 radical (unpaired) electrons. The summed E-state index contributed by atoms with van der Waals surface area (Å²) in [5, 5.41) is 17.2. The van der Waals surface area contributed by atoms with Gasteiger partial charge in [-0.1, -0.05) is 0 Å². The maximum Gasteiger partial charge on any atom is 0.490 e. The molecule has 0 amide bonds. The summed E-state index contributed by atoms with van der Waals surface area (Å²) in [6.07, 6.45) is -2.88. The summed E-state index contributed by atoms with van der Waals surface area (Å²) in [5.41, 5.74) is -1.73. The number of alkyl halides is 3. The van der Waals surface area contributed by atoms with E-state index >= 15 is 0 Å². The van der Waals surface area contributed by atoms with Gasteiger partial charge in [0.05, 0.1) is 5.56 Å². The van der Waals surface area contributed by atoms with E-state index in [1.165, 1.54) is 0 Å². The van der Waals surface area contributed by atoms with Gasteiger partial charge in [-0.2, -0.15) is 13.2 Å². The lowest BCUT2D eigenvalue weighted by molar-refractivity contribution is -0.136. The summed E-state index contributed by atoms with van der Waals surface area (Å²) < 4.78 is 36.5. The summed E-state index contributed by atoms with van der Waals surface area (Å²) in [5.74, 6) is 0. The van der Waals surface area contributed by atoms with Crippen molar-refractivity contribution >= 4 is 12.6 Å². The standard InChI is InChI=1S/C6H5BF3NO2/c8-6(9,10)4-1-2-11-3-5(4)7(12)13/h1-3,12-13H. The molecule has 1 rings (SSSR count). The summed E-state index contributed by atoms with van der Waals surface area (Å²) in [7, 11) is -2.16. The molecule has 0 saturated carbocycles. The Hall–Kier alpha value is -1.08. The predicted octanol–water partition coefficient (Wildman–Crippen LogP) is -0.220. The van der Waals surface area contributed by atoms with Gasteiger partial charge in [-0.3, -0.25) is 4.98 Å². The summed E-state index contributed by atoms with van der Waals surface area (Å²) in [4.78, 5) is 3.36. The quantitative estimate of drug-likeness (QED) is 0.603. The molecule has 1 aromatic rings. The minimum Gasteiger partial charge on any atom is -0.423 e. The molecule has 3 nitrogen and oxygen atoms in total. The highest BCUT2D eigenvalue weighted by molar-refractivity contribution is 6.59. The molecular formula is C6H5BF3NO2. The molecule has 70 valence electrons. The number of nitrogens with zero attached hydrogens (tertiary/aromatic N) is 1. The van der Waals surface area contributed by atoms with Crippen molar-refractivity contribution in [1.82, 2.24) is 4.98 Å². The zero-order chi connectivity index (χ0) is 10.1. The molecule has 0 atom stereocenters. The number of hydrogen-bond donors (Lipinski definition) is 2. The van der Waals surface area contributed by atoms with Crippen LogP contribution in [0.3, 0.4) is 0 Å². The van der Waals surface area contributed by atoms with Gasteiger partial charge in [-0.25, -0.2) is 0 Å². The number of halogens is 3. The van der Waals surface area contributed by atoms with E-state index in [0.717, 1.165) is 12.4 Å². The monoisotopic (exact) mass is 191 g/mol. The van der Waals surface area contributed by atoms with E-state index in [1.54, 1.807) is 0 Å². The van der Waals surface area contributed by atoms with Crippen LogP contribution >= 0.6 is 0 Å². The summed E-state index contributed by atoms with van der Waals surface area (Å²) >= 11 is 0. The highest BCUT2D eigenvalue weighted by Gasteiger charge is 2.35. The fraction of sp³-hybridized carbons (Fsp3) is 0.167. The normalized spacial score (nSPS) is 11.5. The van der Waals surface area contributed by atoms with Crippen LogP contribution in [0.1, 0.15) is 5.56 Å². The van der Waals surface area contributed by atoms with Crippen molar-refractivity contribution in [1.29, 1.82) is 0 Å². The molecule has 0 spiro atoms. The fourth-order valence-corrected chi connectivity index (χ4v) is 0.871. The van der Waals surface area contributed by atoms with Gasteiger partial charge in [-0.15, -0.1) is 0 Å². The molecule has 0 saturated heterocycles. The third-order valence-corrected chi connectivity index (χ3v) is 1.44. The molecule has 0 bridgehead atoms. The highest BCUT2D eigenvalue weighted by Crippen LogP contribution is 2.27. The topological polar surface area (TPSA) is 53.4 Å². The largest absolute Gasteiger partial charge is 0.490 e. The number of hydrogen-bond acceptors (Lipinski definition) is 3. The molecule has 0 aliphatic carbocycles. The maximum absolute atomic E-state index is 12.2. The summed E-state index contributed by atoms with van der Waals surface area (Å²) in [6.45, 7) is 0. The number of pyridine rings is 1. The van der Waals surface area contributed by atoms with Gasteiger partial charge in [0.1, 0.15) is 0 Å². The molecule has 1 heterocycles. The third-order valence-electron chi connectivity index (χ3n) is 1.44. The van der Waals surface area contributed by atoms with Gasteiger partial charge in [0, 0.05) is 17.9 Å². The van der Waals surface area contributed by atoms with Crippen LogP contribution in [0.2, 0.25) is 0 Å². The van der Waals surface area contributed by atoms with Crippen LogP contribution in [-0.2, 0) is 6.18 Å². The van der Waals surface area contributed by atoms with E-state index < -0.39 is 24.3 Å². The zero-order valence-electron chi connectivity index (χ0n) is 6.28. The van der Waals surface area contributed by atoms with Crippen molar-refractivity contribution in [2.75, 3.05) is 0 Å². The van der Waals surface area contributed by atoms with Crippen molar-refractivity contribution in [3.63, 3.8) is 0 Å². The Morgan fingerprint density at radius 2 is 1.92 bits per heavy atom. The Bertz CT molecular complexity index is 302. The second-order valence-electron chi connectivity index (χ2n) is 2.33. The van der Waals surface area contributed by atoms with Crippen molar-refractivity contribution in [3.05, 3.63) is 24.0 Å². The number of rotatable bonds is 1. The van der Waals surface area contributed by atoms with Crippen LogP contribution in [0, 0.1) is 0 Å². The lowest BCUT2D eigenvalue weighted by Gasteiger charge is -2.10. The Balaban J connectivity index is 3.20. The van der Waals surface area contributed by atoms with Crippen molar-refractivity contribution in [2.45, 2.75) is 6.18 Å². The third kappa shape index (κ3) is 2.19. The van der Waals surface area contributed by atoms with E-state index in [9.17, 15) is 13.2 Å². The predicted molar refractivity (Wildman–Crippen MR) is 39.1 cm³/mol. The number of aromatic nitrogens is 1. The van der Waals surface area contributed by atoms with Crippen LogP contribution in [0.15, 0.2) is 18.5 Å². The lowest BCUT2D eigenvalue weighted by atomic mass is 9.78. The Morgan fingerprint density at radius 3 is 2.31 bits per heavy atom. The first-order valence-electron chi connectivity index (χ1n) is 3.30. The minimum atomic E-state index is -4.60. The van der Waals surface area contributed by atoms with Gasteiger partial charge >= 0.3 is 13.3 Å². The van der Waals surface area contributed by atoms with Gasteiger partial charge in [-0.05, 0) is 6.07 Å². The SMILES string of the molecule is OB(O)c1cnccc1C(F)(F)F. The van der Waals surface area contributed by atoms with Crippen LogP contribution in [-0.4, -0.2) is 22.2 Å². The molecule has 0 unspecified atom stereocenters. The van der Waals surface area contributed by atoms with Crippen LogP contribution in [0.4, 0.5) is 13.2 Å². The smallest absolute Gasteiger partial charge is 0.423 e. The van der Waals surface area contributed by atoms with Gasteiger partial charge in [0.2, 0.25) is 0 Å². The minimum absolute atomic E-state index is 0.644. The molecule has 0 aromatic carbocycles. The summed E-state index contributed by atoms with van der Waals surface area (Å²) in [6, 6.07) is 0.689. The first-order valence-corrected chi connectivity index (χ1v) is 3.30. The molecule has 13 heavy (non-hydrogen) atoms. The van der Waals surface area contributed by atoms with E-state index in [0.29, 0.717) is 6.07 Å². The van der Waals surface area contributed by atoms with Crippen molar-refractivity contribution in [3.8, 4) is 0 Å². The molecule has 0 aliphatic heterocycles. The Morgan fingerprint density at radius 1 is 1.31 bits per heavy atom. The van der Waals surface area contributed by atoms with Crippen molar-refractivity contribution in [2.24, 2.45) is 0 Å². The van der Waals surface area contributed by atoms with Crippen LogP contribution < -0.4 is 5.46 Å². The van der Waals surface area contributed by atoms with Crippen LogP contribution in [0.25, 0.3) is 0 Å². The molecule has 0 aliphatic rings. The highest BCUT2D eigenvalue weighted by atomic mass is 19.4. The van der Waals surface area contributed by atoms with Gasteiger partial charge in [0.15, 0.2) is 0 Å². The molecular weight excluding hydrogens is 186 g/mol. The fourth-order valence-electron chi connectivity index (χ4n) is 0.871. The average molecular weight is 191 g/mol. The molecule has 0 fully saturated rings. The van der Waals surface area contributed by atoms with Crippen molar-refractivity contribution < 1.29 is 23.2 Å². The van der Waals surface area contributed by atoms with Crippen LogP contribution in [0.5, 0.6) is 0 Å². The first-order chi connectivity index (χ1) is 5.93. The van der Waals surface area contributed by atoms with E-state index in [4.69, 9.17) is 10.0 Å². The molecule has 7 heteroatoms. The van der Waals surface area contributed by atoms with E-state index in [-0.39, 0.29) is 0 Å². The van der Waals surface area contributed by atoms with Gasteiger partial charge in [0.25, 0.3) is 0 Å². The average Bonchev–Trinajstić information content (AvgIpc) is 2.03. The maximum atomic E-state index is 12.2. The second-order valence-corrected chi connectivity index (χ2v) is 2.33. The Kier molecular flexibility index (Phi) is 2.58. The first kappa shape index (κ1) is 10.0. The van der Waals surface area contributed by atoms with E-state index in [2.05, 4.69) is 4.98 Å². The Labute approximate surface area is 72.0 Å². The zero-order valence-corrected chi connectivity index (χ0v) is 6.28. The van der Waals surface area contributed by atoms with E-state index in [1.807, 2.05) is 0 Å². The second kappa shape index (κ2) is 3.35. The lowest BCUT2D eigenvalue weighted by Crippen LogP contribution is -2.36. The van der Waals surface area contributed by atoms with Gasteiger partial charge < -0.3 is 10.0 Å². The molecule has 1 aromatic heterocycles.